The summed E-state index contributed by atoms with van der Waals surface area (Å²) in [6.45, 7) is 3.34. The summed E-state index contributed by atoms with van der Waals surface area (Å²) in [4.78, 5) is 10.2. The first kappa shape index (κ1) is 7.24. The maximum Gasteiger partial charge on any atom is 0.0440 e. The Morgan fingerprint density at radius 2 is 1.86 bits per heavy atom. The SMILES string of the molecule is CC(C)(S)C(=O)[S-]. The second-order valence-electron chi connectivity index (χ2n) is 1.85. The zero-order chi connectivity index (χ0) is 6.08. The summed E-state index contributed by atoms with van der Waals surface area (Å²) in [7, 11) is 0. The minimum absolute atomic E-state index is 0.309. The highest BCUT2D eigenvalue weighted by atomic mass is 32.1. The van der Waals surface area contributed by atoms with Crippen LogP contribution >= 0.6 is 12.6 Å². The summed E-state index contributed by atoms with van der Waals surface area (Å²) in [5.41, 5.74) is 0. The zero-order valence-electron chi connectivity index (χ0n) is 4.26. The molecule has 42 valence electrons. The molecule has 0 aromatic carbocycles. The molecule has 0 aliphatic rings. The number of rotatable bonds is 1. The normalized spacial score (nSPS) is 11.3. The molecule has 0 radical (unpaired) electrons. The van der Waals surface area contributed by atoms with Gasteiger partial charge >= 0.3 is 0 Å². The van der Waals surface area contributed by atoms with Gasteiger partial charge in [0.1, 0.15) is 0 Å². The average molecular weight is 135 g/mol. The van der Waals surface area contributed by atoms with Crippen LogP contribution in [0.3, 0.4) is 0 Å². The van der Waals surface area contributed by atoms with E-state index in [0.29, 0.717) is 0 Å². The Morgan fingerprint density at radius 3 is 1.86 bits per heavy atom. The van der Waals surface area contributed by atoms with Crippen LogP contribution in [0.4, 0.5) is 0 Å². The second-order valence-corrected chi connectivity index (χ2v) is 3.34. The molecular weight excluding hydrogens is 128 g/mol. The van der Waals surface area contributed by atoms with E-state index in [1.54, 1.807) is 13.8 Å². The van der Waals surface area contributed by atoms with E-state index < -0.39 is 4.75 Å². The molecule has 0 aromatic rings. The van der Waals surface area contributed by atoms with Crippen LogP contribution < -0.4 is 0 Å². The molecule has 0 heterocycles. The molecule has 7 heavy (non-hydrogen) atoms. The summed E-state index contributed by atoms with van der Waals surface area (Å²) in [5, 5.41) is -0.309. The highest BCUT2D eigenvalue weighted by Crippen LogP contribution is 2.10. The van der Waals surface area contributed by atoms with E-state index in [1.165, 1.54) is 0 Å². The Kier molecular flexibility index (Phi) is 2.08. The summed E-state index contributed by atoms with van der Waals surface area (Å²) in [5.74, 6) is 0. The lowest BCUT2D eigenvalue weighted by Gasteiger charge is -2.18. The van der Waals surface area contributed by atoms with Crippen LogP contribution in [0, 0.1) is 0 Å². The molecule has 0 atom stereocenters. The molecule has 1 nitrogen and oxygen atoms in total. The minimum Gasteiger partial charge on any atom is -0.741 e. The predicted octanol–water partition coefficient (Wildman–Crippen LogP) is 0.768. The van der Waals surface area contributed by atoms with Gasteiger partial charge in [-0.3, -0.25) is 0 Å². The maximum atomic E-state index is 10.2. The number of hydrogen-bond donors (Lipinski definition) is 1. The number of carbonyl (C=O) groups excluding carboxylic acids is 1. The van der Waals surface area contributed by atoms with Gasteiger partial charge in [0.05, 0.1) is 0 Å². The van der Waals surface area contributed by atoms with E-state index in [1.807, 2.05) is 0 Å². The van der Waals surface area contributed by atoms with E-state index in [9.17, 15) is 4.79 Å². The monoisotopic (exact) mass is 135 g/mol. The quantitative estimate of drug-likeness (QED) is 0.422. The van der Waals surface area contributed by atoms with Gasteiger partial charge in [-0.25, -0.2) is 0 Å². The van der Waals surface area contributed by atoms with E-state index in [4.69, 9.17) is 0 Å². The third-order valence-corrected chi connectivity index (χ3v) is 1.36. The molecule has 0 N–H and O–H groups in total. The summed E-state index contributed by atoms with van der Waals surface area (Å²) < 4.78 is -0.630. The second kappa shape index (κ2) is 2.01. The van der Waals surface area contributed by atoms with Crippen molar-refractivity contribution >= 4 is 30.4 Å². The van der Waals surface area contributed by atoms with Crippen LogP contribution in [0.15, 0.2) is 0 Å². The largest absolute Gasteiger partial charge is 0.741 e. The van der Waals surface area contributed by atoms with Crippen molar-refractivity contribution < 1.29 is 4.79 Å². The third-order valence-electron chi connectivity index (χ3n) is 0.500. The van der Waals surface area contributed by atoms with Crippen molar-refractivity contribution in [1.82, 2.24) is 0 Å². The zero-order valence-corrected chi connectivity index (χ0v) is 5.97. The van der Waals surface area contributed by atoms with Crippen LogP contribution in [-0.4, -0.2) is 9.86 Å². The van der Waals surface area contributed by atoms with Crippen molar-refractivity contribution in [3.8, 4) is 0 Å². The molecular formula is C4H7OS2-. The number of thiol groups is 1. The smallest absolute Gasteiger partial charge is 0.0440 e. The first-order chi connectivity index (χ1) is 2.94. The number of carbonyl (C=O) groups is 1. The molecule has 0 fully saturated rings. The number of hydrogen-bond acceptors (Lipinski definition) is 3. The molecule has 0 aliphatic heterocycles. The summed E-state index contributed by atoms with van der Waals surface area (Å²) in [6.07, 6.45) is 0. The van der Waals surface area contributed by atoms with Gasteiger partial charge in [0, 0.05) is 9.86 Å². The molecule has 0 rings (SSSR count). The Hall–Kier alpha value is 0.240. The van der Waals surface area contributed by atoms with Gasteiger partial charge < -0.3 is 17.4 Å². The Bertz CT molecular complexity index is 82.2. The van der Waals surface area contributed by atoms with E-state index in [-0.39, 0.29) is 5.12 Å². The van der Waals surface area contributed by atoms with Gasteiger partial charge in [-0.1, -0.05) is 0 Å². The molecule has 0 saturated heterocycles. The lowest BCUT2D eigenvalue weighted by Crippen LogP contribution is -2.21. The van der Waals surface area contributed by atoms with Crippen molar-refractivity contribution in [3.63, 3.8) is 0 Å². The fraction of sp³-hybridized carbons (Fsp3) is 0.750. The van der Waals surface area contributed by atoms with Crippen LogP contribution in [0.1, 0.15) is 13.8 Å². The van der Waals surface area contributed by atoms with Crippen LogP contribution in [0.2, 0.25) is 0 Å². The fourth-order valence-corrected chi connectivity index (χ4v) is 0. The molecule has 0 aromatic heterocycles. The first-order valence-electron chi connectivity index (χ1n) is 1.88. The van der Waals surface area contributed by atoms with Gasteiger partial charge in [0.15, 0.2) is 0 Å². The van der Waals surface area contributed by atoms with Crippen LogP contribution in [-0.2, 0) is 17.4 Å². The van der Waals surface area contributed by atoms with Crippen molar-refractivity contribution in [2.24, 2.45) is 0 Å². The molecule has 0 spiro atoms. The standard InChI is InChI=1S/C4H8OS2/c1-4(2,7)3(5)6/h7H,1-2H3,(H,5,6)/p-1. The van der Waals surface area contributed by atoms with Crippen molar-refractivity contribution in [2.45, 2.75) is 18.6 Å². The molecule has 0 unspecified atom stereocenters. The highest BCUT2D eigenvalue weighted by Gasteiger charge is 2.09. The average Bonchev–Trinajstić information content (AvgIpc) is 1.31. The highest BCUT2D eigenvalue weighted by molar-refractivity contribution is 7.87. The Morgan fingerprint density at radius 1 is 1.71 bits per heavy atom. The molecule has 3 heteroatoms. The van der Waals surface area contributed by atoms with Crippen molar-refractivity contribution in [2.75, 3.05) is 0 Å². The predicted molar refractivity (Wildman–Crippen MR) is 35.4 cm³/mol. The topological polar surface area (TPSA) is 17.1 Å². The van der Waals surface area contributed by atoms with Crippen molar-refractivity contribution in [1.29, 1.82) is 0 Å². The van der Waals surface area contributed by atoms with E-state index in [0.717, 1.165) is 0 Å². The Labute approximate surface area is 54.3 Å². The maximum absolute atomic E-state index is 10.2. The molecule has 0 bridgehead atoms. The summed E-state index contributed by atoms with van der Waals surface area (Å²) >= 11 is 8.20. The minimum atomic E-state index is -0.630. The van der Waals surface area contributed by atoms with Gasteiger partial charge in [0.2, 0.25) is 0 Å². The molecule has 0 aliphatic carbocycles. The van der Waals surface area contributed by atoms with Gasteiger partial charge in [0.25, 0.3) is 0 Å². The Balaban J connectivity index is 3.79. The van der Waals surface area contributed by atoms with E-state index >= 15 is 0 Å². The van der Waals surface area contributed by atoms with Gasteiger partial charge in [-0.2, -0.15) is 12.6 Å². The van der Waals surface area contributed by atoms with Gasteiger partial charge in [-0.05, 0) is 13.8 Å². The molecule has 0 saturated carbocycles. The fourth-order valence-electron chi connectivity index (χ4n) is 0. The van der Waals surface area contributed by atoms with Crippen molar-refractivity contribution in [3.05, 3.63) is 0 Å². The van der Waals surface area contributed by atoms with Crippen LogP contribution in [0.25, 0.3) is 0 Å². The van der Waals surface area contributed by atoms with Crippen LogP contribution in [0.5, 0.6) is 0 Å². The first-order valence-corrected chi connectivity index (χ1v) is 2.74. The van der Waals surface area contributed by atoms with E-state index in [2.05, 4.69) is 25.3 Å². The lowest BCUT2D eigenvalue weighted by molar-refractivity contribution is -0.112. The lowest BCUT2D eigenvalue weighted by atomic mass is 10.2. The molecule has 0 amide bonds. The van der Waals surface area contributed by atoms with Gasteiger partial charge in [-0.15, -0.1) is 0 Å². The third kappa shape index (κ3) is 2.88. The summed E-state index contributed by atoms with van der Waals surface area (Å²) in [6, 6.07) is 0.